The summed E-state index contributed by atoms with van der Waals surface area (Å²) in [5.41, 5.74) is -0.0346. The zero-order valence-electron chi connectivity index (χ0n) is 11.3. The second-order valence-electron chi connectivity index (χ2n) is 4.93. The van der Waals surface area contributed by atoms with Crippen LogP contribution in [0.5, 0.6) is 0 Å². The topological polar surface area (TPSA) is 62.3 Å². The number of hydrogen-bond donors (Lipinski definition) is 1. The van der Waals surface area contributed by atoms with Crippen LogP contribution in [0.1, 0.15) is 24.5 Å². The van der Waals surface area contributed by atoms with Gasteiger partial charge in [0, 0.05) is 24.5 Å². The minimum atomic E-state index is -0.808. The largest absolute Gasteiger partial charge is 0.352 e. The number of carbonyl (C=O) groups is 2. The van der Waals surface area contributed by atoms with Crippen LogP contribution in [0.25, 0.3) is 6.08 Å². The lowest BCUT2D eigenvalue weighted by Crippen LogP contribution is -2.63. The lowest BCUT2D eigenvalue weighted by molar-refractivity contribution is -0.146. The van der Waals surface area contributed by atoms with Crippen LogP contribution < -0.4 is 5.32 Å². The Balaban J connectivity index is 2.11. The van der Waals surface area contributed by atoms with E-state index in [-0.39, 0.29) is 11.8 Å². The average molecular weight is 279 g/mol. The Labute approximate surface area is 116 Å². The van der Waals surface area contributed by atoms with E-state index in [1.54, 1.807) is 36.2 Å². The summed E-state index contributed by atoms with van der Waals surface area (Å²) in [6.45, 7) is 6.44. The van der Waals surface area contributed by atoms with Gasteiger partial charge in [0.1, 0.15) is 5.54 Å². The van der Waals surface area contributed by atoms with E-state index >= 15 is 0 Å². The number of aromatic nitrogens is 1. The first-order valence-corrected chi connectivity index (χ1v) is 6.99. The standard InChI is InChI=1S/C13H17N3O2S/c1-9-15-10(8-19-9)4-5-11(17)16-7-6-14-12(18)13(16,2)3/h4-5,8H,6-7H2,1-3H3,(H,14,18). The van der Waals surface area contributed by atoms with Gasteiger partial charge in [0.15, 0.2) is 0 Å². The van der Waals surface area contributed by atoms with Crippen LogP contribution in [0.4, 0.5) is 0 Å². The van der Waals surface area contributed by atoms with E-state index in [0.717, 1.165) is 10.7 Å². The molecule has 1 N–H and O–H groups in total. The van der Waals surface area contributed by atoms with Gasteiger partial charge in [-0.3, -0.25) is 9.59 Å². The molecule has 0 unspecified atom stereocenters. The van der Waals surface area contributed by atoms with E-state index in [1.165, 1.54) is 6.08 Å². The van der Waals surface area contributed by atoms with Gasteiger partial charge in [-0.15, -0.1) is 11.3 Å². The van der Waals surface area contributed by atoms with E-state index < -0.39 is 5.54 Å². The average Bonchev–Trinajstić information content (AvgIpc) is 2.75. The molecule has 0 aliphatic carbocycles. The summed E-state index contributed by atoms with van der Waals surface area (Å²) in [6.07, 6.45) is 3.17. The molecule has 0 aromatic carbocycles. The molecule has 1 aliphatic heterocycles. The number of nitrogens with one attached hydrogen (secondary N) is 1. The van der Waals surface area contributed by atoms with Crippen LogP contribution in [-0.2, 0) is 9.59 Å². The zero-order chi connectivity index (χ0) is 14.0. The Morgan fingerprint density at radius 3 is 2.95 bits per heavy atom. The SMILES string of the molecule is Cc1nc(C=CC(=O)N2CCNC(=O)C2(C)C)cs1. The predicted octanol–water partition coefficient (Wildman–Crippen LogP) is 1.20. The number of rotatable bonds is 2. The van der Waals surface area contributed by atoms with Gasteiger partial charge in [0.25, 0.3) is 0 Å². The fraction of sp³-hybridized carbons (Fsp3) is 0.462. The number of carbonyl (C=O) groups excluding carboxylic acids is 2. The molecule has 0 spiro atoms. The summed E-state index contributed by atoms with van der Waals surface area (Å²) in [5, 5.41) is 5.63. The normalized spacial score (nSPS) is 18.7. The number of aryl methyl sites for hydroxylation is 1. The van der Waals surface area contributed by atoms with Crippen LogP contribution in [0.3, 0.4) is 0 Å². The third kappa shape index (κ3) is 2.84. The second-order valence-corrected chi connectivity index (χ2v) is 5.99. The molecule has 6 heteroatoms. The predicted molar refractivity (Wildman–Crippen MR) is 74.7 cm³/mol. The molecule has 2 rings (SSSR count). The molecule has 2 amide bonds. The highest BCUT2D eigenvalue weighted by molar-refractivity contribution is 7.09. The third-order valence-corrected chi connectivity index (χ3v) is 3.94. The fourth-order valence-corrected chi connectivity index (χ4v) is 2.57. The van der Waals surface area contributed by atoms with Crippen LogP contribution in [-0.4, -0.2) is 40.3 Å². The Morgan fingerprint density at radius 2 is 2.32 bits per heavy atom. The first-order chi connectivity index (χ1) is 8.91. The van der Waals surface area contributed by atoms with Crippen LogP contribution in [0, 0.1) is 6.92 Å². The summed E-state index contributed by atoms with van der Waals surface area (Å²) in [7, 11) is 0. The van der Waals surface area contributed by atoms with Crippen LogP contribution in [0.2, 0.25) is 0 Å². The maximum Gasteiger partial charge on any atom is 0.247 e. The molecular weight excluding hydrogens is 262 g/mol. The minimum absolute atomic E-state index is 0.120. The Bertz CT molecular complexity index is 534. The highest BCUT2D eigenvalue weighted by Gasteiger charge is 2.39. The highest BCUT2D eigenvalue weighted by Crippen LogP contribution is 2.18. The van der Waals surface area contributed by atoms with Crippen molar-refractivity contribution in [2.45, 2.75) is 26.3 Å². The maximum absolute atomic E-state index is 12.2. The van der Waals surface area contributed by atoms with E-state index in [2.05, 4.69) is 10.3 Å². The van der Waals surface area contributed by atoms with Crippen molar-refractivity contribution in [3.63, 3.8) is 0 Å². The molecule has 0 radical (unpaired) electrons. The molecule has 0 atom stereocenters. The smallest absolute Gasteiger partial charge is 0.247 e. The van der Waals surface area contributed by atoms with Crippen molar-refractivity contribution in [1.82, 2.24) is 15.2 Å². The summed E-state index contributed by atoms with van der Waals surface area (Å²) < 4.78 is 0. The van der Waals surface area contributed by atoms with Gasteiger partial charge in [-0.1, -0.05) is 0 Å². The molecule has 0 bridgehead atoms. The maximum atomic E-state index is 12.2. The van der Waals surface area contributed by atoms with Crippen molar-refractivity contribution in [2.75, 3.05) is 13.1 Å². The van der Waals surface area contributed by atoms with Gasteiger partial charge in [0.2, 0.25) is 11.8 Å². The highest BCUT2D eigenvalue weighted by atomic mass is 32.1. The number of hydrogen-bond acceptors (Lipinski definition) is 4. The molecule has 1 aromatic heterocycles. The van der Waals surface area contributed by atoms with Crippen molar-refractivity contribution in [3.05, 3.63) is 22.2 Å². The zero-order valence-corrected chi connectivity index (χ0v) is 12.1. The van der Waals surface area contributed by atoms with E-state index in [9.17, 15) is 9.59 Å². The minimum Gasteiger partial charge on any atom is -0.352 e. The fourth-order valence-electron chi connectivity index (χ4n) is 1.99. The van der Waals surface area contributed by atoms with Gasteiger partial charge in [0.05, 0.1) is 10.7 Å². The lowest BCUT2D eigenvalue weighted by atomic mass is 9.99. The molecule has 2 heterocycles. The van der Waals surface area contributed by atoms with E-state index in [1.807, 2.05) is 12.3 Å². The van der Waals surface area contributed by atoms with E-state index in [4.69, 9.17) is 0 Å². The summed E-state index contributed by atoms with van der Waals surface area (Å²) in [5.74, 6) is -0.282. The van der Waals surface area contributed by atoms with Crippen molar-refractivity contribution >= 4 is 29.2 Å². The van der Waals surface area contributed by atoms with Gasteiger partial charge < -0.3 is 10.2 Å². The molecule has 1 fully saturated rings. The van der Waals surface area contributed by atoms with Gasteiger partial charge in [-0.05, 0) is 26.8 Å². The Hall–Kier alpha value is -1.69. The molecule has 1 aliphatic rings. The molecule has 19 heavy (non-hydrogen) atoms. The summed E-state index contributed by atoms with van der Waals surface area (Å²) in [6, 6.07) is 0. The van der Waals surface area contributed by atoms with Crippen LogP contribution >= 0.6 is 11.3 Å². The van der Waals surface area contributed by atoms with Gasteiger partial charge in [-0.2, -0.15) is 0 Å². The van der Waals surface area contributed by atoms with Crippen molar-refractivity contribution < 1.29 is 9.59 Å². The molecule has 0 saturated carbocycles. The number of piperazine rings is 1. The molecular formula is C13H17N3O2S. The first kappa shape index (κ1) is 13.7. The Kier molecular flexibility index (Phi) is 3.71. The monoisotopic (exact) mass is 279 g/mol. The van der Waals surface area contributed by atoms with Crippen LogP contribution in [0.15, 0.2) is 11.5 Å². The Morgan fingerprint density at radius 1 is 1.58 bits per heavy atom. The summed E-state index contributed by atoms with van der Waals surface area (Å²) >= 11 is 1.54. The quantitative estimate of drug-likeness (QED) is 0.828. The third-order valence-electron chi connectivity index (χ3n) is 3.15. The molecule has 1 aromatic rings. The lowest BCUT2D eigenvalue weighted by Gasteiger charge is -2.40. The number of nitrogens with zero attached hydrogens (tertiary/aromatic N) is 2. The second kappa shape index (κ2) is 5.13. The van der Waals surface area contributed by atoms with Crippen molar-refractivity contribution in [2.24, 2.45) is 0 Å². The molecule has 5 nitrogen and oxygen atoms in total. The van der Waals surface area contributed by atoms with Gasteiger partial charge >= 0.3 is 0 Å². The molecule has 1 saturated heterocycles. The van der Waals surface area contributed by atoms with E-state index in [0.29, 0.717) is 13.1 Å². The summed E-state index contributed by atoms with van der Waals surface area (Å²) in [4.78, 5) is 29.8. The number of amides is 2. The van der Waals surface area contributed by atoms with Crippen molar-refractivity contribution in [1.29, 1.82) is 0 Å². The van der Waals surface area contributed by atoms with Crippen molar-refractivity contribution in [3.8, 4) is 0 Å². The van der Waals surface area contributed by atoms with Gasteiger partial charge in [-0.25, -0.2) is 4.98 Å². The molecule has 102 valence electrons. The first-order valence-electron chi connectivity index (χ1n) is 6.11. The number of thiazole rings is 1.